The van der Waals surface area contributed by atoms with Gasteiger partial charge in [-0.2, -0.15) is 0 Å². The number of rotatable bonds is 3. The highest BCUT2D eigenvalue weighted by molar-refractivity contribution is 7.91. The molecule has 5 nitrogen and oxygen atoms in total. The first-order valence-corrected chi connectivity index (χ1v) is 7.40. The summed E-state index contributed by atoms with van der Waals surface area (Å²) >= 11 is 0. The Bertz CT molecular complexity index is 495. The van der Waals surface area contributed by atoms with Crippen molar-refractivity contribution in [2.45, 2.75) is 25.6 Å². The van der Waals surface area contributed by atoms with E-state index in [1.54, 1.807) is 6.26 Å². The van der Waals surface area contributed by atoms with Gasteiger partial charge in [-0.3, -0.25) is 4.90 Å². The molecule has 2 N–H and O–H groups in total. The summed E-state index contributed by atoms with van der Waals surface area (Å²) < 4.78 is 28.2. The molecule has 1 aliphatic heterocycles. The molecule has 0 bridgehead atoms. The molecule has 0 aromatic carbocycles. The molecule has 2 atom stereocenters. The first-order valence-electron chi connectivity index (χ1n) is 5.58. The first-order chi connectivity index (χ1) is 7.89. The highest BCUT2D eigenvalue weighted by atomic mass is 32.2. The maximum absolute atomic E-state index is 11.5. The van der Waals surface area contributed by atoms with Crippen LogP contribution in [0.3, 0.4) is 0 Å². The zero-order valence-electron chi connectivity index (χ0n) is 10.1. The average Bonchev–Trinajstić information content (AvgIpc) is 2.71. The minimum absolute atomic E-state index is 0.0897. The standard InChI is InChI=1S/C11H18N2O3S/c1-8-9(3-4-16-8)5-13(2)11-7-17(14,15)6-10(11)12/h3-4,10-11H,5-7,12H2,1-2H3. The Kier molecular flexibility index (Phi) is 3.29. The van der Waals surface area contributed by atoms with Crippen LogP contribution >= 0.6 is 0 Å². The van der Waals surface area contributed by atoms with Crippen LogP contribution < -0.4 is 5.73 Å². The van der Waals surface area contributed by atoms with Crippen molar-refractivity contribution in [2.24, 2.45) is 5.73 Å². The highest BCUT2D eigenvalue weighted by Gasteiger charge is 2.37. The number of aryl methyl sites for hydroxylation is 1. The zero-order valence-corrected chi connectivity index (χ0v) is 10.9. The second-order valence-corrected chi connectivity index (χ2v) is 6.88. The third-order valence-corrected chi connectivity index (χ3v) is 5.06. The van der Waals surface area contributed by atoms with E-state index in [0.29, 0.717) is 6.54 Å². The summed E-state index contributed by atoms with van der Waals surface area (Å²) in [4.78, 5) is 1.99. The third-order valence-electron chi connectivity index (χ3n) is 3.32. The summed E-state index contributed by atoms with van der Waals surface area (Å²) in [6, 6.07) is 1.51. The lowest BCUT2D eigenvalue weighted by atomic mass is 10.1. The Hall–Kier alpha value is -0.850. The molecular weight excluding hydrogens is 240 g/mol. The summed E-state index contributed by atoms with van der Waals surface area (Å²) in [6.07, 6.45) is 1.64. The van der Waals surface area contributed by atoms with E-state index in [2.05, 4.69) is 0 Å². The van der Waals surface area contributed by atoms with Gasteiger partial charge in [-0.25, -0.2) is 8.42 Å². The van der Waals surface area contributed by atoms with Crippen molar-refractivity contribution in [2.75, 3.05) is 18.6 Å². The molecule has 2 rings (SSSR count). The molecule has 6 heteroatoms. The molecule has 1 fully saturated rings. The lowest BCUT2D eigenvalue weighted by molar-refractivity contribution is 0.235. The molecular formula is C11H18N2O3S. The lowest BCUT2D eigenvalue weighted by Crippen LogP contribution is -2.44. The van der Waals surface area contributed by atoms with Crippen LogP contribution in [0.15, 0.2) is 16.7 Å². The quantitative estimate of drug-likeness (QED) is 0.835. The number of nitrogens with zero attached hydrogens (tertiary/aromatic N) is 1. The van der Waals surface area contributed by atoms with E-state index in [1.807, 2.05) is 24.9 Å². The van der Waals surface area contributed by atoms with E-state index in [4.69, 9.17) is 10.2 Å². The van der Waals surface area contributed by atoms with Crippen LogP contribution in [0.2, 0.25) is 0 Å². The SMILES string of the molecule is Cc1occc1CN(C)C1CS(=O)(=O)CC1N. The number of hydrogen-bond donors (Lipinski definition) is 1. The summed E-state index contributed by atoms with van der Waals surface area (Å²) in [5.74, 6) is 1.11. The minimum atomic E-state index is -2.97. The fourth-order valence-corrected chi connectivity index (χ4v) is 4.24. The van der Waals surface area contributed by atoms with Crippen molar-refractivity contribution in [3.8, 4) is 0 Å². The molecule has 1 saturated heterocycles. The van der Waals surface area contributed by atoms with Crippen LogP contribution in [-0.4, -0.2) is 44.0 Å². The fourth-order valence-electron chi connectivity index (χ4n) is 2.27. The van der Waals surface area contributed by atoms with Gasteiger partial charge in [-0.05, 0) is 20.0 Å². The fraction of sp³-hybridized carbons (Fsp3) is 0.636. The monoisotopic (exact) mass is 258 g/mol. The molecule has 1 aliphatic rings. The molecule has 1 aromatic heterocycles. The maximum Gasteiger partial charge on any atom is 0.153 e. The molecule has 2 unspecified atom stereocenters. The molecule has 0 radical (unpaired) electrons. The third kappa shape index (κ3) is 2.70. The van der Waals surface area contributed by atoms with Crippen molar-refractivity contribution in [1.82, 2.24) is 4.90 Å². The Morgan fingerprint density at radius 2 is 2.24 bits per heavy atom. The molecule has 1 aromatic rings. The van der Waals surface area contributed by atoms with Gasteiger partial charge < -0.3 is 10.2 Å². The van der Waals surface area contributed by atoms with Gasteiger partial charge in [-0.15, -0.1) is 0 Å². The second kappa shape index (κ2) is 4.44. The van der Waals surface area contributed by atoms with E-state index in [1.165, 1.54) is 0 Å². The minimum Gasteiger partial charge on any atom is -0.469 e. The highest BCUT2D eigenvalue weighted by Crippen LogP contribution is 2.19. The molecule has 0 aliphatic carbocycles. The van der Waals surface area contributed by atoms with E-state index in [0.717, 1.165) is 11.3 Å². The molecule has 96 valence electrons. The number of likely N-dealkylation sites (N-methyl/N-ethyl adjacent to an activating group) is 1. The number of hydrogen-bond acceptors (Lipinski definition) is 5. The van der Waals surface area contributed by atoms with Gasteiger partial charge in [0.2, 0.25) is 0 Å². The molecule has 2 heterocycles. The molecule has 0 amide bonds. The molecule has 0 saturated carbocycles. The zero-order chi connectivity index (χ0) is 12.6. The van der Waals surface area contributed by atoms with Crippen LogP contribution in [0.4, 0.5) is 0 Å². The molecule has 17 heavy (non-hydrogen) atoms. The summed E-state index contributed by atoms with van der Waals surface area (Å²) in [5, 5.41) is 0. The number of furan rings is 1. The van der Waals surface area contributed by atoms with Gasteiger partial charge in [0.15, 0.2) is 9.84 Å². The van der Waals surface area contributed by atoms with E-state index in [9.17, 15) is 8.42 Å². The van der Waals surface area contributed by atoms with Crippen molar-refractivity contribution >= 4 is 9.84 Å². The Morgan fingerprint density at radius 3 is 2.71 bits per heavy atom. The van der Waals surface area contributed by atoms with Crippen LogP contribution in [0.5, 0.6) is 0 Å². The average molecular weight is 258 g/mol. The van der Waals surface area contributed by atoms with E-state index >= 15 is 0 Å². The van der Waals surface area contributed by atoms with Gasteiger partial charge >= 0.3 is 0 Å². The second-order valence-electron chi connectivity index (χ2n) is 4.73. The van der Waals surface area contributed by atoms with Crippen LogP contribution in [0.1, 0.15) is 11.3 Å². The van der Waals surface area contributed by atoms with Crippen molar-refractivity contribution < 1.29 is 12.8 Å². The van der Waals surface area contributed by atoms with Gasteiger partial charge in [0.1, 0.15) is 5.76 Å². The topological polar surface area (TPSA) is 76.5 Å². The van der Waals surface area contributed by atoms with Crippen molar-refractivity contribution in [3.63, 3.8) is 0 Å². The van der Waals surface area contributed by atoms with Crippen molar-refractivity contribution in [3.05, 3.63) is 23.7 Å². The number of sulfone groups is 1. The van der Waals surface area contributed by atoms with Gasteiger partial charge in [0.05, 0.1) is 17.8 Å². The summed E-state index contributed by atoms with van der Waals surface area (Å²) in [6.45, 7) is 2.56. The number of nitrogens with two attached hydrogens (primary N) is 1. The predicted molar refractivity (Wildman–Crippen MR) is 65.3 cm³/mol. The predicted octanol–water partition coefficient (Wildman–Crippen LogP) is 0.144. The summed E-state index contributed by atoms with van der Waals surface area (Å²) in [7, 11) is -1.07. The van der Waals surface area contributed by atoms with Gasteiger partial charge in [0.25, 0.3) is 0 Å². The first kappa shape index (κ1) is 12.6. The van der Waals surface area contributed by atoms with E-state index in [-0.39, 0.29) is 23.6 Å². The van der Waals surface area contributed by atoms with Gasteiger partial charge in [0, 0.05) is 24.2 Å². The normalized spacial score (nSPS) is 27.8. The maximum atomic E-state index is 11.5. The smallest absolute Gasteiger partial charge is 0.153 e. The lowest BCUT2D eigenvalue weighted by Gasteiger charge is -2.26. The summed E-state index contributed by atoms with van der Waals surface area (Å²) in [5.41, 5.74) is 6.95. The Morgan fingerprint density at radius 1 is 1.53 bits per heavy atom. The largest absolute Gasteiger partial charge is 0.469 e. The Balaban J connectivity index is 2.06. The van der Waals surface area contributed by atoms with Gasteiger partial charge in [-0.1, -0.05) is 0 Å². The molecule has 0 spiro atoms. The van der Waals surface area contributed by atoms with Crippen LogP contribution in [0.25, 0.3) is 0 Å². The van der Waals surface area contributed by atoms with Crippen LogP contribution in [0, 0.1) is 6.92 Å². The van der Waals surface area contributed by atoms with Crippen molar-refractivity contribution in [1.29, 1.82) is 0 Å². The van der Waals surface area contributed by atoms with Crippen LogP contribution in [-0.2, 0) is 16.4 Å². The Labute approximate surface area is 101 Å². The van der Waals surface area contributed by atoms with E-state index < -0.39 is 9.84 Å².